The van der Waals surface area contributed by atoms with Crippen LogP contribution in [0.1, 0.15) is 29.2 Å². The third kappa shape index (κ3) is 3.10. The molecule has 140 valence electrons. The molecular weight excluding hydrogens is 341 g/mol. The standard InChI is InChI=1S/C22H24FN3O/c23-18-7-5-16(6-8-18)21-19-4-2-1-3-15(19)10-12-26(21)22-25-14-17-13-24-11-9-20(17)27-22/h1-8,17,20-21,24H,9-14H2/t17-,20-,21-/m0/s1. The minimum absolute atomic E-state index is 0.00701. The lowest BCUT2D eigenvalue weighted by atomic mass is 9.88. The van der Waals surface area contributed by atoms with Crippen LogP contribution in [0.5, 0.6) is 0 Å². The van der Waals surface area contributed by atoms with E-state index in [9.17, 15) is 4.39 Å². The van der Waals surface area contributed by atoms with Crippen molar-refractivity contribution in [2.24, 2.45) is 10.9 Å². The molecule has 0 aliphatic carbocycles. The summed E-state index contributed by atoms with van der Waals surface area (Å²) in [4.78, 5) is 7.08. The molecule has 3 aliphatic heterocycles. The number of benzene rings is 2. The molecule has 0 saturated carbocycles. The van der Waals surface area contributed by atoms with Crippen molar-refractivity contribution in [2.45, 2.75) is 25.0 Å². The van der Waals surface area contributed by atoms with Crippen LogP contribution >= 0.6 is 0 Å². The molecule has 2 aromatic rings. The average Bonchev–Trinajstić information content (AvgIpc) is 2.73. The Balaban J connectivity index is 1.52. The van der Waals surface area contributed by atoms with Crippen molar-refractivity contribution in [1.29, 1.82) is 0 Å². The molecule has 3 atom stereocenters. The second-order valence-electron chi connectivity index (χ2n) is 7.63. The maximum atomic E-state index is 13.5. The molecule has 0 radical (unpaired) electrons. The smallest absolute Gasteiger partial charge is 0.288 e. The first-order valence-corrected chi connectivity index (χ1v) is 9.81. The van der Waals surface area contributed by atoms with Crippen molar-refractivity contribution in [1.82, 2.24) is 10.2 Å². The molecule has 3 aliphatic rings. The number of rotatable bonds is 1. The topological polar surface area (TPSA) is 36.9 Å². The average molecular weight is 365 g/mol. The van der Waals surface area contributed by atoms with Crippen LogP contribution in [0.25, 0.3) is 0 Å². The summed E-state index contributed by atoms with van der Waals surface area (Å²) in [5.41, 5.74) is 3.68. The van der Waals surface area contributed by atoms with Gasteiger partial charge in [-0.3, -0.25) is 0 Å². The number of amidine groups is 1. The van der Waals surface area contributed by atoms with Gasteiger partial charge in [0.05, 0.1) is 12.6 Å². The molecule has 0 spiro atoms. The van der Waals surface area contributed by atoms with E-state index in [-0.39, 0.29) is 18.0 Å². The molecule has 5 rings (SSSR count). The van der Waals surface area contributed by atoms with E-state index in [4.69, 9.17) is 9.73 Å². The quantitative estimate of drug-likeness (QED) is 0.844. The zero-order valence-electron chi connectivity index (χ0n) is 15.3. The Morgan fingerprint density at radius 2 is 1.96 bits per heavy atom. The van der Waals surface area contributed by atoms with Crippen LogP contribution in [0.3, 0.4) is 0 Å². The molecule has 4 nitrogen and oxygen atoms in total. The largest absolute Gasteiger partial charge is 0.461 e. The molecule has 0 aromatic heterocycles. The van der Waals surface area contributed by atoms with Crippen molar-refractivity contribution in [2.75, 3.05) is 26.2 Å². The molecule has 0 bridgehead atoms. The lowest BCUT2D eigenvalue weighted by Crippen LogP contribution is -2.51. The molecule has 0 amide bonds. The Morgan fingerprint density at radius 3 is 2.85 bits per heavy atom. The van der Waals surface area contributed by atoms with Gasteiger partial charge in [0.25, 0.3) is 6.02 Å². The van der Waals surface area contributed by atoms with Gasteiger partial charge in [-0.15, -0.1) is 0 Å². The Bertz CT molecular complexity index is 851. The third-order valence-corrected chi connectivity index (χ3v) is 5.97. The van der Waals surface area contributed by atoms with Gasteiger partial charge in [-0.25, -0.2) is 9.38 Å². The highest BCUT2D eigenvalue weighted by Gasteiger charge is 2.37. The van der Waals surface area contributed by atoms with Crippen molar-refractivity contribution < 1.29 is 9.13 Å². The molecular formula is C22H24FN3O. The van der Waals surface area contributed by atoms with Gasteiger partial charge in [0, 0.05) is 19.0 Å². The van der Waals surface area contributed by atoms with Gasteiger partial charge in [-0.05, 0) is 48.2 Å². The third-order valence-electron chi connectivity index (χ3n) is 5.97. The number of nitrogens with zero attached hydrogens (tertiary/aromatic N) is 2. The highest BCUT2D eigenvalue weighted by molar-refractivity contribution is 5.76. The van der Waals surface area contributed by atoms with E-state index in [2.05, 4.69) is 34.5 Å². The van der Waals surface area contributed by atoms with E-state index in [1.807, 2.05) is 12.1 Å². The monoisotopic (exact) mass is 365 g/mol. The minimum atomic E-state index is -0.210. The number of halogens is 1. The number of hydrogen-bond donors (Lipinski definition) is 1. The van der Waals surface area contributed by atoms with Gasteiger partial charge in [-0.1, -0.05) is 36.4 Å². The zero-order valence-corrected chi connectivity index (χ0v) is 15.3. The minimum Gasteiger partial charge on any atom is -0.461 e. The summed E-state index contributed by atoms with van der Waals surface area (Å²) >= 11 is 0. The normalized spacial score (nSPS) is 27.2. The van der Waals surface area contributed by atoms with Crippen molar-refractivity contribution >= 4 is 6.02 Å². The fourth-order valence-electron chi connectivity index (χ4n) is 4.54. The Morgan fingerprint density at radius 1 is 1.11 bits per heavy atom. The highest BCUT2D eigenvalue weighted by atomic mass is 19.1. The van der Waals surface area contributed by atoms with Crippen LogP contribution in [0.15, 0.2) is 53.5 Å². The van der Waals surface area contributed by atoms with Crippen molar-refractivity contribution in [3.8, 4) is 0 Å². The second kappa shape index (κ2) is 6.97. The Kier molecular flexibility index (Phi) is 4.32. The highest BCUT2D eigenvalue weighted by Crippen LogP contribution is 2.37. The molecule has 27 heavy (non-hydrogen) atoms. The maximum Gasteiger partial charge on any atom is 0.288 e. The van der Waals surface area contributed by atoms with Gasteiger partial charge < -0.3 is 15.0 Å². The summed E-state index contributed by atoms with van der Waals surface area (Å²) < 4.78 is 19.9. The molecule has 1 fully saturated rings. The Labute approximate surface area is 159 Å². The number of nitrogens with one attached hydrogen (secondary N) is 1. The first kappa shape index (κ1) is 16.8. The van der Waals surface area contributed by atoms with Crippen LogP contribution in [0.4, 0.5) is 4.39 Å². The molecule has 5 heteroatoms. The summed E-state index contributed by atoms with van der Waals surface area (Å²) in [7, 11) is 0. The molecule has 0 unspecified atom stereocenters. The first-order chi connectivity index (χ1) is 13.3. The predicted molar refractivity (Wildman–Crippen MR) is 103 cm³/mol. The molecule has 1 saturated heterocycles. The van der Waals surface area contributed by atoms with Crippen LogP contribution in [0, 0.1) is 11.7 Å². The van der Waals surface area contributed by atoms with E-state index in [0.29, 0.717) is 5.92 Å². The number of aliphatic imine (C=N–C) groups is 1. The lowest BCUT2D eigenvalue weighted by molar-refractivity contribution is 0.0522. The fraction of sp³-hybridized carbons (Fsp3) is 0.409. The van der Waals surface area contributed by atoms with Crippen LogP contribution < -0.4 is 5.32 Å². The molecule has 3 heterocycles. The zero-order chi connectivity index (χ0) is 18.2. The van der Waals surface area contributed by atoms with Gasteiger partial charge in [-0.2, -0.15) is 0 Å². The molecule has 2 aromatic carbocycles. The summed E-state index contributed by atoms with van der Waals surface area (Å²) in [5.74, 6) is 0.252. The number of fused-ring (bicyclic) bond motifs is 2. The maximum absolute atomic E-state index is 13.5. The number of ether oxygens (including phenoxy) is 1. The van der Waals surface area contributed by atoms with Gasteiger partial charge >= 0.3 is 0 Å². The second-order valence-corrected chi connectivity index (χ2v) is 7.63. The summed E-state index contributed by atoms with van der Waals surface area (Å²) in [6.45, 7) is 3.64. The van der Waals surface area contributed by atoms with Gasteiger partial charge in [0.15, 0.2) is 0 Å². The predicted octanol–water partition coefficient (Wildman–Crippen LogP) is 3.14. The van der Waals surface area contributed by atoms with Gasteiger partial charge in [0.2, 0.25) is 0 Å². The van der Waals surface area contributed by atoms with E-state index in [1.165, 1.54) is 23.3 Å². The van der Waals surface area contributed by atoms with E-state index < -0.39 is 0 Å². The molecule has 1 N–H and O–H groups in total. The van der Waals surface area contributed by atoms with Crippen molar-refractivity contribution in [3.05, 3.63) is 71.0 Å². The summed E-state index contributed by atoms with van der Waals surface area (Å²) in [5, 5.41) is 3.43. The Hall–Kier alpha value is -2.40. The first-order valence-electron chi connectivity index (χ1n) is 9.81. The lowest BCUT2D eigenvalue weighted by Gasteiger charge is -2.43. The summed E-state index contributed by atoms with van der Waals surface area (Å²) in [6.07, 6.45) is 2.23. The van der Waals surface area contributed by atoms with E-state index >= 15 is 0 Å². The van der Waals surface area contributed by atoms with E-state index in [0.717, 1.165) is 50.6 Å². The van der Waals surface area contributed by atoms with Crippen molar-refractivity contribution in [3.63, 3.8) is 0 Å². The van der Waals surface area contributed by atoms with Gasteiger partial charge in [0.1, 0.15) is 11.9 Å². The number of piperidine rings is 1. The SMILES string of the molecule is Fc1ccc([C@H]2c3ccccc3CCN2C2=NC[C@@H]3CNCC[C@@H]3O2)cc1. The summed E-state index contributed by atoms with van der Waals surface area (Å²) in [6, 6.07) is 16.1. The number of hydrogen-bond acceptors (Lipinski definition) is 4. The van der Waals surface area contributed by atoms with Crippen LogP contribution in [-0.4, -0.2) is 43.2 Å². The fourth-order valence-corrected chi connectivity index (χ4v) is 4.54. The van der Waals surface area contributed by atoms with Crippen LogP contribution in [0.2, 0.25) is 0 Å². The van der Waals surface area contributed by atoms with E-state index in [1.54, 1.807) is 0 Å². The van der Waals surface area contributed by atoms with Crippen LogP contribution in [-0.2, 0) is 11.2 Å².